The molecule has 0 aromatic carbocycles. The van der Waals surface area contributed by atoms with Crippen molar-refractivity contribution in [3.63, 3.8) is 0 Å². The molecule has 2 N–H and O–H groups in total. The molecule has 0 bridgehead atoms. The van der Waals surface area contributed by atoms with Crippen LogP contribution in [0, 0.1) is 5.92 Å². The minimum absolute atomic E-state index is 0.0282. The Kier molecular flexibility index (Phi) is 4.74. The number of aliphatic hydroxyl groups is 1. The third kappa shape index (κ3) is 3.23. The van der Waals surface area contributed by atoms with Crippen LogP contribution in [0.2, 0.25) is 0 Å². The molecule has 1 aromatic rings. The predicted octanol–water partition coefficient (Wildman–Crippen LogP) is 1.36. The second-order valence-corrected chi connectivity index (χ2v) is 4.87. The second-order valence-electron chi connectivity index (χ2n) is 4.87. The Balaban J connectivity index is 2.07. The van der Waals surface area contributed by atoms with Crippen molar-refractivity contribution in [1.29, 1.82) is 0 Å². The molecule has 5 nitrogen and oxygen atoms in total. The summed E-state index contributed by atoms with van der Waals surface area (Å²) in [6.07, 6.45) is 5.06. The lowest BCUT2D eigenvalue weighted by Crippen LogP contribution is -2.39. The van der Waals surface area contributed by atoms with Crippen LogP contribution in [0.3, 0.4) is 0 Å². The highest BCUT2D eigenvalue weighted by molar-refractivity contribution is 5.99. The van der Waals surface area contributed by atoms with E-state index in [4.69, 9.17) is 5.11 Å². The van der Waals surface area contributed by atoms with Crippen molar-refractivity contribution in [2.75, 3.05) is 31.6 Å². The summed E-state index contributed by atoms with van der Waals surface area (Å²) in [4.78, 5) is 18.4. The monoisotopic (exact) mass is 263 g/mol. The number of anilines is 1. The zero-order valence-corrected chi connectivity index (χ0v) is 11.3. The average Bonchev–Trinajstić information content (AvgIpc) is 2.47. The second kappa shape index (κ2) is 6.52. The maximum Gasteiger partial charge on any atom is 0.257 e. The number of likely N-dealkylation sites (tertiary alicyclic amines) is 1. The van der Waals surface area contributed by atoms with E-state index in [1.807, 2.05) is 17.9 Å². The van der Waals surface area contributed by atoms with Gasteiger partial charge >= 0.3 is 0 Å². The lowest BCUT2D eigenvalue weighted by atomic mass is 9.97. The highest BCUT2D eigenvalue weighted by atomic mass is 16.3. The molecule has 1 aromatic heterocycles. The summed E-state index contributed by atoms with van der Waals surface area (Å²) in [5.74, 6) is 0.367. The van der Waals surface area contributed by atoms with E-state index in [1.54, 1.807) is 12.4 Å². The van der Waals surface area contributed by atoms with E-state index in [0.717, 1.165) is 25.1 Å². The maximum atomic E-state index is 12.5. The molecule has 2 rings (SSSR count). The van der Waals surface area contributed by atoms with E-state index in [-0.39, 0.29) is 12.5 Å². The van der Waals surface area contributed by atoms with Gasteiger partial charge < -0.3 is 15.3 Å². The SMILES string of the molecule is CCNc1ccncc1C(=O)N1CCC(CO)CC1. The Morgan fingerprint density at radius 2 is 2.26 bits per heavy atom. The third-order valence-corrected chi connectivity index (χ3v) is 3.58. The Labute approximate surface area is 113 Å². The van der Waals surface area contributed by atoms with Crippen LogP contribution in [0.4, 0.5) is 5.69 Å². The van der Waals surface area contributed by atoms with Crippen LogP contribution in [0.5, 0.6) is 0 Å². The number of rotatable bonds is 4. The summed E-state index contributed by atoms with van der Waals surface area (Å²) in [5, 5.41) is 12.3. The quantitative estimate of drug-likeness (QED) is 0.861. The largest absolute Gasteiger partial charge is 0.396 e. The van der Waals surface area contributed by atoms with E-state index < -0.39 is 0 Å². The van der Waals surface area contributed by atoms with Crippen molar-refractivity contribution in [1.82, 2.24) is 9.88 Å². The number of piperidine rings is 1. The molecular weight excluding hydrogens is 242 g/mol. The number of carbonyl (C=O) groups excluding carboxylic acids is 1. The minimum atomic E-state index is 0.0282. The Morgan fingerprint density at radius 3 is 2.89 bits per heavy atom. The molecule has 0 saturated carbocycles. The molecule has 0 aliphatic carbocycles. The fourth-order valence-electron chi connectivity index (χ4n) is 2.40. The molecular formula is C14H21N3O2. The molecule has 0 radical (unpaired) electrons. The van der Waals surface area contributed by atoms with Gasteiger partial charge in [0.15, 0.2) is 0 Å². The first-order valence-electron chi connectivity index (χ1n) is 6.84. The Hall–Kier alpha value is -1.62. The molecule has 0 atom stereocenters. The van der Waals surface area contributed by atoms with Gasteiger partial charge in [-0.15, -0.1) is 0 Å². The molecule has 2 heterocycles. The number of aliphatic hydroxyl groups excluding tert-OH is 1. The summed E-state index contributed by atoms with van der Waals surface area (Å²) < 4.78 is 0. The molecule has 1 aliphatic heterocycles. The highest BCUT2D eigenvalue weighted by Gasteiger charge is 2.24. The van der Waals surface area contributed by atoms with E-state index in [2.05, 4.69) is 10.3 Å². The maximum absolute atomic E-state index is 12.5. The van der Waals surface area contributed by atoms with Gasteiger partial charge in [-0.3, -0.25) is 9.78 Å². The topological polar surface area (TPSA) is 65.5 Å². The van der Waals surface area contributed by atoms with Gasteiger partial charge in [-0.1, -0.05) is 0 Å². The molecule has 5 heteroatoms. The molecule has 1 amide bonds. The molecule has 1 aliphatic rings. The van der Waals surface area contributed by atoms with Crippen LogP contribution < -0.4 is 5.32 Å². The molecule has 1 saturated heterocycles. The van der Waals surface area contributed by atoms with Crippen molar-refractivity contribution in [3.8, 4) is 0 Å². The van der Waals surface area contributed by atoms with E-state index >= 15 is 0 Å². The third-order valence-electron chi connectivity index (χ3n) is 3.58. The van der Waals surface area contributed by atoms with Gasteiger partial charge in [0.2, 0.25) is 0 Å². The first-order chi connectivity index (χ1) is 9.26. The van der Waals surface area contributed by atoms with Crippen LogP contribution >= 0.6 is 0 Å². The predicted molar refractivity (Wildman–Crippen MR) is 74.1 cm³/mol. The number of aromatic nitrogens is 1. The zero-order chi connectivity index (χ0) is 13.7. The van der Waals surface area contributed by atoms with Crippen molar-refractivity contribution in [3.05, 3.63) is 24.0 Å². The number of hydrogen-bond acceptors (Lipinski definition) is 4. The highest BCUT2D eigenvalue weighted by Crippen LogP contribution is 2.21. The molecule has 1 fully saturated rings. The number of nitrogens with one attached hydrogen (secondary N) is 1. The van der Waals surface area contributed by atoms with Crippen LogP contribution in [0.15, 0.2) is 18.5 Å². The van der Waals surface area contributed by atoms with Gasteiger partial charge in [-0.05, 0) is 31.7 Å². The lowest BCUT2D eigenvalue weighted by Gasteiger charge is -2.31. The smallest absolute Gasteiger partial charge is 0.257 e. The zero-order valence-electron chi connectivity index (χ0n) is 11.3. The average molecular weight is 263 g/mol. The number of carbonyl (C=O) groups is 1. The Morgan fingerprint density at radius 1 is 1.53 bits per heavy atom. The van der Waals surface area contributed by atoms with Crippen LogP contribution in [-0.4, -0.2) is 47.1 Å². The van der Waals surface area contributed by atoms with E-state index in [1.165, 1.54) is 0 Å². The van der Waals surface area contributed by atoms with Crippen molar-refractivity contribution in [2.45, 2.75) is 19.8 Å². The summed E-state index contributed by atoms with van der Waals surface area (Å²) in [6.45, 7) is 4.42. The van der Waals surface area contributed by atoms with Crippen molar-refractivity contribution in [2.24, 2.45) is 5.92 Å². The lowest BCUT2D eigenvalue weighted by molar-refractivity contribution is 0.0651. The van der Waals surface area contributed by atoms with Gasteiger partial charge in [0.05, 0.1) is 11.3 Å². The number of nitrogens with zero attached hydrogens (tertiary/aromatic N) is 2. The number of hydrogen-bond donors (Lipinski definition) is 2. The molecule has 0 spiro atoms. The normalized spacial score (nSPS) is 16.4. The van der Waals surface area contributed by atoms with Crippen molar-refractivity contribution >= 4 is 11.6 Å². The van der Waals surface area contributed by atoms with Crippen molar-refractivity contribution < 1.29 is 9.90 Å². The molecule has 0 unspecified atom stereocenters. The summed E-state index contributed by atoms with van der Waals surface area (Å²) in [7, 11) is 0. The van der Waals surface area contributed by atoms with Crippen LogP contribution in [0.25, 0.3) is 0 Å². The Bertz CT molecular complexity index is 428. The fourth-order valence-corrected chi connectivity index (χ4v) is 2.40. The van der Waals surface area contributed by atoms with Crippen LogP contribution in [-0.2, 0) is 0 Å². The number of amides is 1. The standard InChI is InChI=1S/C14H21N3O2/c1-2-16-13-3-6-15-9-12(13)14(19)17-7-4-11(10-18)5-8-17/h3,6,9,11,18H,2,4-5,7-8,10H2,1H3,(H,15,16). The first kappa shape index (κ1) is 13.8. The van der Waals surface area contributed by atoms with Crippen LogP contribution in [0.1, 0.15) is 30.1 Å². The van der Waals surface area contributed by atoms with E-state index in [0.29, 0.717) is 24.6 Å². The van der Waals surface area contributed by atoms with Gasteiger partial charge in [0.1, 0.15) is 0 Å². The van der Waals surface area contributed by atoms with Gasteiger partial charge in [0, 0.05) is 38.6 Å². The summed E-state index contributed by atoms with van der Waals surface area (Å²) >= 11 is 0. The summed E-state index contributed by atoms with van der Waals surface area (Å²) in [5.41, 5.74) is 1.47. The van der Waals surface area contributed by atoms with E-state index in [9.17, 15) is 4.79 Å². The molecule has 104 valence electrons. The minimum Gasteiger partial charge on any atom is -0.396 e. The fraction of sp³-hybridized carbons (Fsp3) is 0.571. The van der Waals surface area contributed by atoms with Gasteiger partial charge in [-0.25, -0.2) is 0 Å². The van der Waals surface area contributed by atoms with Gasteiger partial charge in [0.25, 0.3) is 5.91 Å². The molecule has 19 heavy (non-hydrogen) atoms. The first-order valence-corrected chi connectivity index (χ1v) is 6.84. The van der Waals surface area contributed by atoms with Gasteiger partial charge in [-0.2, -0.15) is 0 Å². The number of pyridine rings is 1. The summed E-state index contributed by atoms with van der Waals surface area (Å²) in [6, 6.07) is 1.83.